The van der Waals surface area contributed by atoms with Crippen molar-refractivity contribution in [3.05, 3.63) is 5.82 Å². The first-order valence-electron chi connectivity index (χ1n) is 6.63. The molecular formula is C11H14F3N5O2. The Morgan fingerprint density at radius 3 is 2.67 bits per heavy atom. The van der Waals surface area contributed by atoms with Crippen LogP contribution in [0.4, 0.5) is 13.2 Å². The van der Waals surface area contributed by atoms with Gasteiger partial charge in [0.15, 0.2) is 11.2 Å². The van der Waals surface area contributed by atoms with E-state index >= 15 is 0 Å². The summed E-state index contributed by atoms with van der Waals surface area (Å²) in [7, 11) is 0. The Labute approximate surface area is 117 Å². The molecule has 116 valence electrons. The fourth-order valence-corrected chi connectivity index (χ4v) is 2.67. The smallest absolute Gasteiger partial charge is 0.406 e. The molecule has 2 aliphatic rings. The topological polar surface area (TPSA) is 84.1 Å². The Hall–Kier alpha value is -1.71. The van der Waals surface area contributed by atoms with E-state index in [4.69, 9.17) is 5.11 Å². The molecule has 10 heteroatoms. The first-order chi connectivity index (χ1) is 9.83. The van der Waals surface area contributed by atoms with Gasteiger partial charge in [0.2, 0.25) is 0 Å². The summed E-state index contributed by atoms with van der Waals surface area (Å²) in [5, 5.41) is 20.2. The standard InChI is InChI=1S/C11H14F3N5O2/c12-11(13,14)10(9(20)21)3-4-18(6-10)5-8-15-16-17-19(8)7-1-2-7/h7H,1-6H2,(H,20,21). The van der Waals surface area contributed by atoms with E-state index in [9.17, 15) is 18.0 Å². The van der Waals surface area contributed by atoms with Gasteiger partial charge in [-0.05, 0) is 29.7 Å². The minimum absolute atomic E-state index is 0.0589. The molecule has 1 atom stereocenters. The zero-order valence-corrected chi connectivity index (χ0v) is 11.0. The second kappa shape index (κ2) is 4.65. The van der Waals surface area contributed by atoms with Crippen molar-refractivity contribution in [2.24, 2.45) is 5.41 Å². The lowest BCUT2D eigenvalue weighted by molar-refractivity contribution is -0.227. The minimum atomic E-state index is -4.77. The van der Waals surface area contributed by atoms with E-state index in [0.717, 1.165) is 12.8 Å². The maximum atomic E-state index is 13.1. The second-order valence-electron chi connectivity index (χ2n) is 5.62. The first-order valence-corrected chi connectivity index (χ1v) is 6.63. The number of carboxylic acid groups (broad SMARTS) is 1. The number of tetrazole rings is 1. The van der Waals surface area contributed by atoms with Crippen molar-refractivity contribution in [2.45, 2.75) is 38.0 Å². The molecule has 0 radical (unpaired) electrons. The van der Waals surface area contributed by atoms with Gasteiger partial charge in [0.1, 0.15) is 0 Å². The summed E-state index contributed by atoms with van der Waals surface area (Å²) < 4.78 is 40.9. The Morgan fingerprint density at radius 2 is 2.14 bits per heavy atom. The molecule has 2 heterocycles. The van der Waals surface area contributed by atoms with E-state index < -0.39 is 30.5 Å². The zero-order chi connectivity index (χ0) is 15.3. The van der Waals surface area contributed by atoms with Crippen LogP contribution in [0.2, 0.25) is 0 Å². The number of halogens is 3. The predicted octanol–water partition coefficient (Wildman–Crippen LogP) is 0.847. The molecule has 0 spiro atoms. The van der Waals surface area contributed by atoms with E-state index in [0.29, 0.717) is 5.82 Å². The Kier molecular flexibility index (Phi) is 3.15. The van der Waals surface area contributed by atoms with E-state index in [1.807, 2.05) is 0 Å². The number of nitrogens with zero attached hydrogens (tertiary/aromatic N) is 5. The van der Waals surface area contributed by atoms with Gasteiger partial charge in [0.25, 0.3) is 0 Å². The van der Waals surface area contributed by atoms with Crippen LogP contribution in [0.15, 0.2) is 0 Å². The van der Waals surface area contributed by atoms with Gasteiger partial charge < -0.3 is 5.11 Å². The number of carbonyl (C=O) groups is 1. The number of hydrogen-bond acceptors (Lipinski definition) is 5. The van der Waals surface area contributed by atoms with Crippen LogP contribution in [0.1, 0.15) is 31.1 Å². The van der Waals surface area contributed by atoms with Gasteiger partial charge in [-0.2, -0.15) is 13.2 Å². The summed E-state index contributed by atoms with van der Waals surface area (Å²) in [6.07, 6.45) is -3.30. The van der Waals surface area contributed by atoms with Gasteiger partial charge in [-0.3, -0.25) is 9.69 Å². The number of likely N-dealkylation sites (tertiary alicyclic amines) is 1. The summed E-state index contributed by atoms with van der Waals surface area (Å²) in [6, 6.07) is 0.226. The van der Waals surface area contributed by atoms with E-state index in [-0.39, 0.29) is 19.1 Å². The van der Waals surface area contributed by atoms with Gasteiger partial charge in [-0.25, -0.2) is 4.68 Å². The molecule has 0 bridgehead atoms. The normalized spacial score (nSPS) is 27.2. The molecule has 1 aliphatic heterocycles. The number of alkyl halides is 3. The Balaban J connectivity index is 1.74. The molecule has 1 aliphatic carbocycles. The van der Waals surface area contributed by atoms with Crippen molar-refractivity contribution in [1.29, 1.82) is 0 Å². The zero-order valence-electron chi connectivity index (χ0n) is 11.0. The molecule has 7 nitrogen and oxygen atoms in total. The summed E-state index contributed by atoms with van der Waals surface area (Å²) in [5.41, 5.74) is -2.69. The minimum Gasteiger partial charge on any atom is -0.481 e. The highest BCUT2D eigenvalue weighted by Crippen LogP contribution is 2.46. The molecule has 2 fully saturated rings. The van der Waals surface area contributed by atoms with Crippen LogP contribution in [-0.2, 0) is 11.3 Å². The molecule has 21 heavy (non-hydrogen) atoms. The summed E-state index contributed by atoms with van der Waals surface area (Å²) >= 11 is 0. The highest BCUT2D eigenvalue weighted by molar-refractivity contribution is 5.76. The molecule has 0 aromatic carbocycles. The largest absolute Gasteiger partial charge is 0.481 e. The van der Waals surface area contributed by atoms with Gasteiger partial charge in [0.05, 0.1) is 12.6 Å². The van der Waals surface area contributed by atoms with E-state index in [2.05, 4.69) is 15.5 Å². The monoisotopic (exact) mass is 305 g/mol. The Morgan fingerprint density at radius 1 is 1.43 bits per heavy atom. The maximum absolute atomic E-state index is 13.1. The van der Waals surface area contributed by atoms with Crippen LogP contribution in [0.3, 0.4) is 0 Å². The van der Waals surface area contributed by atoms with Gasteiger partial charge in [-0.15, -0.1) is 5.10 Å². The third-order valence-electron chi connectivity index (χ3n) is 4.12. The van der Waals surface area contributed by atoms with Crippen LogP contribution >= 0.6 is 0 Å². The van der Waals surface area contributed by atoms with Crippen LogP contribution < -0.4 is 0 Å². The second-order valence-corrected chi connectivity index (χ2v) is 5.62. The van der Waals surface area contributed by atoms with Crippen molar-refractivity contribution < 1.29 is 23.1 Å². The number of aromatic nitrogens is 4. The van der Waals surface area contributed by atoms with Gasteiger partial charge >= 0.3 is 12.1 Å². The van der Waals surface area contributed by atoms with Gasteiger partial charge in [-0.1, -0.05) is 0 Å². The maximum Gasteiger partial charge on any atom is 0.406 e. The van der Waals surface area contributed by atoms with Gasteiger partial charge in [0, 0.05) is 13.1 Å². The molecular weight excluding hydrogens is 291 g/mol. The highest BCUT2D eigenvalue weighted by Gasteiger charge is 2.63. The quantitative estimate of drug-likeness (QED) is 0.887. The third-order valence-corrected chi connectivity index (χ3v) is 4.12. The van der Waals surface area contributed by atoms with Crippen molar-refractivity contribution >= 4 is 5.97 Å². The third kappa shape index (κ3) is 2.37. The fraction of sp³-hybridized carbons (Fsp3) is 0.818. The number of carboxylic acids is 1. The molecule has 1 saturated heterocycles. The van der Waals surface area contributed by atoms with Crippen molar-refractivity contribution in [3.63, 3.8) is 0 Å². The van der Waals surface area contributed by atoms with E-state index in [1.54, 1.807) is 4.68 Å². The molecule has 1 aromatic heterocycles. The van der Waals surface area contributed by atoms with Crippen LogP contribution in [0.25, 0.3) is 0 Å². The summed E-state index contributed by atoms with van der Waals surface area (Å²) in [5.74, 6) is -1.33. The highest BCUT2D eigenvalue weighted by atomic mass is 19.4. The van der Waals surface area contributed by atoms with Crippen molar-refractivity contribution in [2.75, 3.05) is 13.1 Å². The average Bonchev–Trinajstić information content (AvgIpc) is 2.96. The molecule has 1 saturated carbocycles. The lowest BCUT2D eigenvalue weighted by Crippen LogP contribution is -2.47. The average molecular weight is 305 g/mol. The van der Waals surface area contributed by atoms with Crippen molar-refractivity contribution in [3.8, 4) is 0 Å². The van der Waals surface area contributed by atoms with E-state index in [1.165, 1.54) is 4.90 Å². The summed E-state index contributed by atoms with van der Waals surface area (Å²) in [4.78, 5) is 12.6. The lowest BCUT2D eigenvalue weighted by atomic mass is 9.86. The molecule has 1 N–H and O–H groups in total. The molecule has 0 amide bonds. The first kappa shape index (κ1) is 14.2. The number of hydrogen-bond donors (Lipinski definition) is 1. The van der Waals surface area contributed by atoms with Crippen molar-refractivity contribution in [1.82, 2.24) is 25.1 Å². The molecule has 1 aromatic rings. The fourth-order valence-electron chi connectivity index (χ4n) is 2.67. The Bertz CT molecular complexity index is 556. The predicted molar refractivity (Wildman–Crippen MR) is 62.1 cm³/mol. The SMILES string of the molecule is O=C(O)C1(C(F)(F)F)CCN(Cc2nnnn2C2CC2)C1. The number of rotatable bonds is 4. The van der Waals surface area contributed by atoms with Crippen LogP contribution in [-0.4, -0.2) is 55.4 Å². The molecule has 1 unspecified atom stereocenters. The lowest BCUT2D eigenvalue weighted by Gasteiger charge is -2.27. The van der Waals surface area contributed by atoms with Crippen LogP contribution in [0.5, 0.6) is 0 Å². The van der Waals surface area contributed by atoms with Crippen LogP contribution in [0, 0.1) is 5.41 Å². The summed E-state index contributed by atoms with van der Waals surface area (Å²) in [6.45, 7) is -0.374. The molecule has 3 rings (SSSR count). The number of aliphatic carboxylic acids is 1.